The van der Waals surface area contributed by atoms with Crippen LogP contribution < -0.4 is 0 Å². The number of allylic oxidation sites excluding steroid dienone is 1. The van der Waals surface area contributed by atoms with E-state index in [1.807, 2.05) is 0 Å². The molecule has 0 bridgehead atoms. The highest BCUT2D eigenvalue weighted by molar-refractivity contribution is 6.58. The van der Waals surface area contributed by atoms with E-state index in [1.54, 1.807) is 13.0 Å². The van der Waals surface area contributed by atoms with Crippen LogP contribution in [0.5, 0.6) is 0 Å². The Hall–Kier alpha value is -0.783. The number of esters is 1. The third-order valence-corrected chi connectivity index (χ3v) is 4.07. The molecule has 0 atom stereocenters. The molecular formula is C15H27F3O2Si. The predicted molar refractivity (Wildman–Crippen MR) is 81.2 cm³/mol. The Morgan fingerprint density at radius 2 is 1.38 bits per heavy atom. The monoisotopic (exact) mass is 324 g/mol. The van der Waals surface area contributed by atoms with Crippen LogP contribution >= 0.6 is 0 Å². The summed E-state index contributed by atoms with van der Waals surface area (Å²) < 4.78 is 41.1. The summed E-state index contributed by atoms with van der Waals surface area (Å²) in [5.74, 6) is -0.292. The van der Waals surface area contributed by atoms with Crippen LogP contribution in [-0.4, -0.2) is 21.7 Å². The van der Waals surface area contributed by atoms with Gasteiger partial charge in [-0.25, -0.2) is 17.1 Å². The van der Waals surface area contributed by atoms with E-state index in [-0.39, 0.29) is 5.97 Å². The molecule has 0 N–H and O–H groups in total. The number of carbonyl (C=O) groups excluding carboxylic acids is 1. The van der Waals surface area contributed by atoms with Crippen LogP contribution in [0.2, 0.25) is 6.04 Å². The van der Waals surface area contributed by atoms with Crippen molar-refractivity contribution in [2.24, 2.45) is 0 Å². The lowest BCUT2D eigenvalue weighted by atomic mass is 10.1. The molecule has 0 fully saturated rings. The SMILES string of the molecule is CC=CC(=O)OCCCCCCCCCCC[Si](F)(F)F. The molecule has 0 amide bonds. The average molecular weight is 324 g/mol. The van der Waals surface area contributed by atoms with Crippen LogP contribution in [0.1, 0.15) is 64.7 Å². The van der Waals surface area contributed by atoms with E-state index in [4.69, 9.17) is 4.74 Å². The zero-order chi connectivity index (χ0) is 16.0. The number of hydrogen-bond acceptors (Lipinski definition) is 2. The molecule has 0 spiro atoms. The molecule has 0 aromatic rings. The molecule has 0 aliphatic heterocycles. The second kappa shape index (κ2) is 12.9. The molecule has 124 valence electrons. The Kier molecular flexibility index (Phi) is 12.4. The summed E-state index contributed by atoms with van der Waals surface area (Å²) in [7, 11) is -5.30. The quantitative estimate of drug-likeness (QED) is 0.148. The van der Waals surface area contributed by atoms with Crippen molar-refractivity contribution in [1.29, 1.82) is 0 Å². The maximum Gasteiger partial charge on any atom is 0.616 e. The van der Waals surface area contributed by atoms with E-state index in [9.17, 15) is 17.1 Å². The minimum atomic E-state index is -5.30. The predicted octanol–water partition coefficient (Wildman–Crippen LogP) is 5.46. The van der Waals surface area contributed by atoms with Gasteiger partial charge in [0.25, 0.3) is 0 Å². The third-order valence-electron chi connectivity index (χ3n) is 3.15. The Bertz CT molecular complexity index is 291. The Labute approximate surface area is 127 Å². The molecule has 2 nitrogen and oxygen atoms in total. The molecule has 0 rings (SSSR count). The van der Waals surface area contributed by atoms with E-state index in [2.05, 4.69) is 0 Å². The van der Waals surface area contributed by atoms with Crippen molar-refractivity contribution in [3.05, 3.63) is 12.2 Å². The molecule has 0 radical (unpaired) electrons. The lowest BCUT2D eigenvalue weighted by Gasteiger charge is -2.04. The average Bonchev–Trinajstić information content (AvgIpc) is 2.39. The highest BCUT2D eigenvalue weighted by atomic mass is 28.5. The maximum atomic E-state index is 12.0. The standard InChI is InChI=1S/C15H27F3O2Si/c1-2-12-15(19)20-13-10-8-6-4-3-5-7-9-11-14-21(16,17)18/h2,12H,3-11,13-14H2,1H3. The zero-order valence-corrected chi connectivity index (χ0v) is 13.9. The van der Waals surface area contributed by atoms with E-state index < -0.39 is 15.1 Å². The summed E-state index contributed by atoms with van der Waals surface area (Å²) in [6, 6.07) is -0.515. The fourth-order valence-corrected chi connectivity index (χ4v) is 2.67. The summed E-state index contributed by atoms with van der Waals surface area (Å²) in [6.45, 7) is 2.23. The zero-order valence-electron chi connectivity index (χ0n) is 12.9. The van der Waals surface area contributed by atoms with Gasteiger partial charge in [0.1, 0.15) is 0 Å². The molecule has 0 aromatic carbocycles. The Morgan fingerprint density at radius 3 is 1.86 bits per heavy atom. The van der Waals surface area contributed by atoms with Gasteiger partial charge in [0.2, 0.25) is 0 Å². The fourth-order valence-electron chi connectivity index (χ4n) is 2.02. The molecule has 0 unspecified atom stereocenters. The van der Waals surface area contributed by atoms with Gasteiger partial charge in [0, 0.05) is 12.1 Å². The number of ether oxygens (including phenoxy) is 1. The van der Waals surface area contributed by atoms with Crippen LogP contribution in [0.4, 0.5) is 12.3 Å². The molecule has 0 aliphatic carbocycles. The van der Waals surface area contributed by atoms with Gasteiger partial charge >= 0.3 is 15.0 Å². The van der Waals surface area contributed by atoms with E-state index in [1.165, 1.54) is 6.08 Å². The largest absolute Gasteiger partial charge is 0.616 e. The van der Waals surface area contributed by atoms with Crippen molar-refractivity contribution >= 4 is 15.0 Å². The molecule has 0 aromatic heterocycles. The van der Waals surface area contributed by atoms with Gasteiger partial charge in [-0.2, -0.15) is 0 Å². The van der Waals surface area contributed by atoms with Gasteiger partial charge in [0.05, 0.1) is 6.61 Å². The summed E-state index contributed by atoms with van der Waals surface area (Å²) in [4.78, 5) is 11.0. The minimum absolute atomic E-state index is 0.292. The minimum Gasteiger partial charge on any atom is -0.463 e. The topological polar surface area (TPSA) is 26.3 Å². The first-order valence-electron chi connectivity index (χ1n) is 7.82. The number of halogens is 3. The van der Waals surface area contributed by atoms with Gasteiger partial charge in [-0.15, -0.1) is 0 Å². The van der Waals surface area contributed by atoms with Crippen LogP contribution in [0.15, 0.2) is 12.2 Å². The van der Waals surface area contributed by atoms with Gasteiger partial charge < -0.3 is 4.74 Å². The molecule has 0 saturated heterocycles. The van der Waals surface area contributed by atoms with E-state index in [0.29, 0.717) is 19.4 Å². The summed E-state index contributed by atoms with van der Waals surface area (Å²) in [5.41, 5.74) is 0. The summed E-state index contributed by atoms with van der Waals surface area (Å²) in [6.07, 6.45) is 11.2. The van der Waals surface area contributed by atoms with Gasteiger partial charge in [-0.05, 0) is 19.8 Å². The lowest BCUT2D eigenvalue weighted by Crippen LogP contribution is -2.13. The van der Waals surface area contributed by atoms with E-state index >= 15 is 0 Å². The van der Waals surface area contributed by atoms with Crippen molar-refractivity contribution < 1.29 is 21.9 Å². The highest BCUT2D eigenvalue weighted by Crippen LogP contribution is 2.19. The molecule has 0 heterocycles. The third kappa shape index (κ3) is 17.2. The second-order valence-corrected chi connectivity index (χ2v) is 6.95. The normalized spacial score (nSPS) is 12.0. The first-order chi connectivity index (χ1) is 9.95. The molecule has 6 heteroatoms. The van der Waals surface area contributed by atoms with Crippen molar-refractivity contribution in [3.8, 4) is 0 Å². The Balaban J connectivity index is 3.14. The van der Waals surface area contributed by atoms with Crippen LogP contribution in [-0.2, 0) is 9.53 Å². The fraction of sp³-hybridized carbons (Fsp3) is 0.800. The van der Waals surface area contributed by atoms with Crippen LogP contribution in [0.3, 0.4) is 0 Å². The van der Waals surface area contributed by atoms with Gasteiger partial charge in [-0.3, -0.25) is 0 Å². The van der Waals surface area contributed by atoms with Crippen molar-refractivity contribution in [3.63, 3.8) is 0 Å². The lowest BCUT2D eigenvalue weighted by molar-refractivity contribution is -0.137. The number of rotatable bonds is 13. The maximum absolute atomic E-state index is 12.0. The molecule has 21 heavy (non-hydrogen) atoms. The van der Waals surface area contributed by atoms with Crippen molar-refractivity contribution in [2.75, 3.05) is 6.61 Å². The number of hydrogen-bond donors (Lipinski definition) is 0. The van der Waals surface area contributed by atoms with Gasteiger partial charge in [-0.1, -0.05) is 51.0 Å². The first-order valence-corrected chi connectivity index (χ1v) is 9.66. The summed E-state index contributed by atoms with van der Waals surface area (Å²) in [5, 5.41) is 0. The highest BCUT2D eigenvalue weighted by Gasteiger charge is 2.35. The van der Waals surface area contributed by atoms with Crippen LogP contribution in [0.25, 0.3) is 0 Å². The number of unbranched alkanes of at least 4 members (excludes halogenated alkanes) is 8. The van der Waals surface area contributed by atoms with Crippen molar-refractivity contribution in [2.45, 2.75) is 70.8 Å². The second-order valence-electron chi connectivity index (χ2n) is 5.21. The number of carbonyl (C=O) groups is 1. The van der Waals surface area contributed by atoms with E-state index in [0.717, 1.165) is 44.9 Å². The smallest absolute Gasteiger partial charge is 0.463 e. The Morgan fingerprint density at radius 1 is 0.905 bits per heavy atom. The van der Waals surface area contributed by atoms with Crippen LogP contribution in [0, 0.1) is 0 Å². The first kappa shape index (κ1) is 20.2. The molecule has 0 aliphatic rings. The molecular weight excluding hydrogens is 297 g/mol. The van der Waals surface area contributed by atoms with Gasteiger partial charge in [0.15, 0.2) is 0 Å². The summed E-state index contributed by atoms with van der Waals surface area (Å²) >= 11 is 0. The van der Waals surface area contributed by atoms with Crippen molar-refractivity contribution in [1.82, 2.24) is 0 Å². The molecule has 0 saturated carbocycles.